The average Bonchev–Trinajstić information content (AvgIpc) is 2.37. The zero-order valence-electron chi connectivity index (χ0n) is 9.98. The fourth-order valence-corrected chi connectivity index (χ4v) is 1.33. The number of benzene rings is 1. The predicted molar refractivity (Wildman–Crippen MR) is 68.2 cm³/mol. The number of amides is 2. The molecule has 0 saturated carbocycles. The maximum atomic E-state index is 11.5. The maximum absolute atomic E-state index is 11.5. The lowest BCUT2D eigenvalue weighted by Crippen LogP contribution is -2.26. The maximum Gasteiger partial charge on any atom is 0.251 e. The number of aliphatic hydroxyl groups is 1. The van der Waals surface area contributed by atoms with Crippen LogP contribution in [0.4, 0.5) is 5.69 Å². The van der Waals surface area contributed by atoms with Gasteiger partial charge in [0.25, 0.3) is 5.91 Å². The molecular weight excluding hydrogens is 234 g/mol. The minimum absolute atomic E-state index is 0.0982. The quantitative estimate of drug-likeness (QED) is 0.557. The Kier molecular flexibility index (Phi) is 5.83. The van der Waals surface area contributed by atoms with E-state index < -0.39 is 0 Å². The van der Waals surface area contributed by atoms with Crippen molar-refractivity contribution in [3.05, 3.63) is 29.8 Å². The van der Waals surface area contributed by atoms with Gasteiger partial charge in [0.15, 0.2) is 0 Å². The van der Waals surface area contributed by atoms with Crippen molar-refractivity contribution >= 4 is 17.5 Å². The van der Waals surface area contributed by atoms with Gasteiger partial charge in [0.1, 0.15) is 0 Å². The van der Waals surface area contributed by atoms with Gasteiger partial charge in [-0.1, -0.05) is 0 Å². The van der Waals surface area contributed by atoms with Gasteiger partial charge in [-0.05, 0) is 24.3 Å². The summed E-state index contributed by atoms with van der Waals surface area (Å²) in [6.07, 6.45) is 0.263. The van der Waals surface area contributed by atoms with Crippen LogP contribution in [0.1, 0.15) is 16.8 Å². The molecular formula is C12H17N3O3. The van der Waals surface area contributed by atoms with Gasteiger partial charge in [0.05, 0.1) is 6.61 Å². The monoisotopic (exact) mass is 251 g/mol. The number of aliphatic hydroxyl groups excluding tert-OH is 1. The Morgan fingerprint density at radius 1 is 1.22 bits per heavy atom. The lowest BCUT2D eigenvalue weighted by atomic mass is 10.2. The van der Waals surface area contributed by atoms with E-state index in [0.29, 0.717) is 17.8 Å². The third-order valence-electron chi connectivity index (χ3n) is 2.20. The molecule has 1 aromatic carbocycles. The highest BCUT2D eigenvalue weighted by Crippen LogP contribution is 2.09. The largest absolute Gasteiger partial charge is 0.395 e. The summed E-state index contributed by atoms with van der Waals surface area (Å²) in [4.78, 5) is 22.8. The number of hydrogen-bond acceptors (Lipinski definition) is 4. The van der Waals surface area contributed by atoms with Crippen LogP contribution in [0.5, 0.6) is 0 Å². The first-order chi connectivity index (χ1) is 8.67. The summed E-state index contributed by atoms with van der Waals surface area (Å²) in [7, 11) is 0. The van der Waals surface area contributed by atoms with E-state index in [1.165, 1.54) is 0 Å². The molecule has 0 saturated heterocycles. The molecule has 0 radical (unpaired) electrons. The molecule has 0 aliphatic rings. The smallest absolute Gasteiger partial charge is 0.251 e. The summed E-state index contributed by atoms with van der Waals surface area (Å²) in [6, 6.07) is 6.49. The molecule has 0 fully saturated rings. The number of carbonyl (C=O) groups excluding carboxylic acids is 2. The molecule has 6 heteroatoms. The van der Waals surface area contributed by atoms with Crippen LogP contribution in [0, 0.1) is 0 Å². The van der Waals surface area contributed by atoms with Crippen LogP contribution in [0.15, 0.2) is 24.3 Å². The zero-order chi connectivity index (χ0) is 13.4. The standard InChI is InChI=1S/C12H17N3O3/c13-6-5-11(17)15-10-3-1-9(2-4-10)12(18)14-7-8-16/h1-4,16H,5-8,13H2,(H,14,18)(H,15,17). The summed E-state index contributed by atoms with van der Waals surface area (Å²) in [5.41, 5.74) is 6.35. The first kappa shape index (κ1) is 14.1. The lowest BCUT2D eigenvalue weighted by molar-refractivity contribution is -0.116. The number of rotatable bonds is 6. The molecule has 5 N–H and O–H groups in total. The third kappa shape index (κ3) is 4.52. The van der Waals surface area contributed by atoms with Gasteiger partial charge in [-0.15, -0.1) is 0 Å². The van der Waals surface area contributed by atoms with Crippen molar-refractivity contribution in [2.24, 2.45) is 5.73 Å². The zero-order valence-corrected chi connectivity index (χ0v) is 9.98. The normalized spacial score (nSPS) is 9.89. The van der Waals surface area contributed by atoms with Crippen molar-refractivity contribution in [3.63, 3.8) is 0 Å². The Bertz CT molecular complexity index is 404. The fourth-order valence-electron chi connectivity index (χ4n) is 1.33. The lowest BCUT2D eigenvalue weighted by Gasteiger charge is -2.06. The Hall–Kier alpha value is -1.92. The van der Waals surface area contributed by atoms with Crippen LogP contribution in [-0.2, 0) is 4.79 Å². The molecule has 0 unspecified atom stereocenters. The van der Waals surface area contributed by atoms with Gasteiger partial charge in [-0.2, -0.15) is 0 Å². The van der Waals surface area contributed by atoms with Crippen LogP contribution >= 0.6 is 0 Å². The van der Waals surface area contributed by atoms with Crippen molar-refractivity contribution in [2.45, 2.75) is 6.42 Å². The van der Waals surface area contributed by atoms with E-state index in [0.717, 1.165) is 0 Å². The van der Waals surface area contributed by atoms with Crippen LogP contribution in [0.25, 0.3) is 0 Å². The van der Waals surface area contributed by atoms with Crippen molar-refractivity contribution in [1.29, 1.82) is 0 Å². The van der Waals surface area contributed by atoms with E-state index in [2.05, 4.69) is 10.6 Å². The van der Waals surface area contributed by atoms with Crippen LogP contribution in [-0.4, -0.2) is 36.6 Å². The molecule has 0 aliphatic carbocycles. The highest BCUT2D eigenvalue weighted by molar-refractivity contribution is 5.95. The van der Waals surface area contributed by atoms with E-state index in [9.17, 15) is 9.59 Å². The molecule has 0 aliphatic heterocycles. The fraction of sp³-hybridized carbons (Fsp3) is 0.333. The minimum atomic E-state index is -0.260. The van der Waals surface area contributed by atoms with E-state index in [1.807, 2.05) is 0 Å². The number of nitrogens with one attached hydrogen (secondary N) is 2. The van der Waals surface area contributed by atoms with Crippen LogP contribution in [0.3, 0.4) is 0 Å². The van der Waals surface area contributed by atoms with E-state index in [4.69, 9.17) is 10.8 Å². The van der Waals surface area contributed by atoms with Crippen molar-refractivity contribution in [2.75, 3.05) is 25.0 Å². The molecule has 18 heavy (non-hydrogen) atoms. The minimum Gasteiger partial charge on any atom is -0.395 e. The number of nitrogens with two attached hydrogens (primary N) is 1. The molecule has 0 spiro atoms. The highest BCUT2D eigenvalue weighted by atomic mass is 16.3. The predicted octanol–water partition coefficient (Wildman–Crippen LogP) is -0.304. The van der Waals surface area contributed by atoms with Gasteiger partial charge < -0.3 is 21.5 Å². The van der Waals surface area contributed by atoms with E-state index in [1.54, 1.807) is 24.3 Å². The summed E-state index contributed by atoms with van der Waals surface area (Å²) < 4.78 is 0. The second-order valence-electron chi connectivity index (χ2n) is 3.64. The third-order valence-corrected chi connectivity index (χ3v) is 2.20. The second kappa shape index (κ2) is 7.41. The molecule has 1 rings (SSSR count). The van der Waals surface area contributed by atoms with E-state index in [-0.39, 0.29) is 31.4 Å². The van der Waals surface area contributed by atoms with Gasteiger partial charge in [-0.3, -0.25) is 9.59 Å². The Morgan fingerprint density at radius 3 is 2.44 bits per heavy atom. The number of hydrogen-bond donors (Lipinski definition) is 4. The Labute approximate surface area is 105 Å². The van der Waals surface area contributed by atoms with Crippen molar-refractivity contribution < 1.29 is 14.7 Å². The highest BCUT2D eigenvalue weighted by Gasteiger charge is 2.05. The summed E-state index contributed by atoms with van der Waals surface area (Å²) >= 11 is 0. The molecule has 98 valence electrons. The molecule has 6 nitrogen and oxygen atoms in total. The SMILES string of the molecule is NCCC(=O)Nc1ccc(C(=O)NCCO)cc1. The van der Waals surface area contributed by atoms with Gasteiger partial charge >= 0.3 is 0 Å². The molecule has 2 amide bonds. The first-order valence-corrected chi connectivity index (χ1v) is 5.66. The summed E-state index contributed by atoms with van der Waals surface area (Å²) in [5, 5.41) is 13.8. The topological polar surface area (TPSA) is 104 Å². The molecule has 1 aromatic rings. The van der Waals surface area contributed by atoms with Gasteiger partial charge in [0, 0.05) is 30.8 Å². The number of anilines is 1. The second-order valence-corrected chi connectivity index (χ2v) is 3.64. The number of carbonyl (C=O) groups is 2. The first-order valence-electron chi connectivity index (χ1n) is 5.66. The summed E-state index contributed by atoms with van der Waals surface area (Å²) in [5.74, 6) is -0.418. The van der Waals surface area contributed by atoms with Crippen LogP contribution in [0.2, 0.25) is 0 Å². The average molecular weight is 251 g/mol. The molecule has 0 heterocycles. The van der Waals surface area contributed by atoms with Gasteiger partial charge in [-0.25, -0.2) is 0 Å². The molecule has 0 atom stereocenters. The van der Waals surface area contributed by atoms with Crippen molar-refractivity contribution in [3.8, 4) is 0 Å². The summed E-state index contributed by atoms with van der Waals surface area (Å²) in [6.45, 7) is 0.417. The Morgan fingerprint density at radius 2 is 1.89 bits per heavy atom. The molecule has 0 aromatic heterocycles. The molecule has 0 bridgehead atoms. The van der Waals surface area contributed by atoms with Crippen molar-refractivity contribution in [1.82, 2.24) is 5.32 Å². The van der Waals surface area contributed by atoms with Gasteiger partial charge in [0.2, 0.25) is 5.91 Å². The van der Waals surface area contributed by atoms with Crippen LogP contribution < -0.4 is 16.4 Å². The van der Waals surface area contributed by atoms with E-state index >= 15 is 0 Å². The Balaban J connectivity index is 2.57.